The molecule has 0 spiro atoms. The third-order valence-corrected chi connectivity index (χ3v) is 4.67. The predicted octanol–water partition coefficient (Wildman–Crippen LogP) is 2.90. The second-order valence-electron chi connectivity index (χ2n) is 6.92. The number of hydrogen-bond acceptors (Lipinski definition) is 3. The van der Waals surface area contributed by atoms with Gasteiger partial charge in [-0.15, -0.1) is 0 Å². The van der Waals surface area contributed by atoms with Gasteiger partial charge in [0.25, 0.3) is 5.91 Å². The number of aromatic nitrogens is 1. The standard InChI is InChI=1S/C23H28N4O2/c1-4-12-27-17(2)13-20(18(27)3)15-21(16-24)23(29)26-11-10-25-22(28)14-19-8-6-5-7-9-19/h5-9,13,15H,4,10-12,14H2,1-3H3,(H,25,28)(H,26,29). The van der Waals surface area contributed by atoms with Gasteiger partial charge in [-0.2, -0.15) is 5.26 Å². The van der Waals surface area contributed by atoms with E-state index in [1.807, 2.05) is 56.3 Å². The van der Waals surface area contributed by atoms with Crippen LogP contribution in [0.25, 0.3) is 6.08 Å². The number of nitriles is 1. The summed E-state index contributed by atoms with van der Waals surface area (Å²) in [4.78, 5) is 24.2. The number of carbonyl (C=O) groups excluding carboxylic acids is 2. The van der Waals surface area contributed by atoms with Gasteiger partial charge in [0, 0.05) is 31.0 Å². The van der Waals surface area contributed by atoms with Gasteiger partial charge in [0.1, 0.15) is 11.6 Å². The van der Waals surface area contributed by atoms with E-state index in [1.165, 1.54) is 0 Å². The molecule has 152 valence electrons. The Hall–Kier alpha value is -3.33. The molecule has 0 saturated heterocycles. The Morgan fingerprint density at radius 3 is 2.48 bits per heavy atom. The molecule has 2 amide bonds. The molecule has 0 bridgehead atoms. The first-order valence-corrected chi connectivity index (χ1v) is 9.83. The van der Waals surface area contributed by atoms with Gasteiger partial charge in [-0.3, -0.25) is 9.59 Å². The molecule has 0 atom stereocenters. The van der Waals surface area contributed by atoms with Crippen LogP contribution in [-0.2, 0) is 22.6 Å². The Labute approximate surface area is 172 Å². The highest BCUT2D eigenvalue weighted by molar-refractivity contribution is 6.01. The number of aryl methyl sites for hydroxylation is 1. The molecule has 1 aromatic carbocycles. The molecule has 2 N–H and O–H groups in total. The van der Waals surface area contributed by atoms with Crippen LogP contribution in [0.2, 0.25) is 0 Å². The Bertz CT molecular complexity index is 920. The van der Waals surface area contributed by atoms with E-state index in [9.17, 15) is 14.9 Å². The summed E-state index contributed by atoms with van der Waals surface area (Å²) in [6, 6.07) is 13.4. The van der Waals surface area contributed by atoms with Crippen LogP contribution in [-0.4, -0.2) is 29.5 Å². The van der Waals surface area contributed by atoms with E-state index in [1.54, 1.807) is 6.08 Å². The van der Waals surface area contributed by atoms with Gasteiger partial charge in [-0.05, 0) is 43.5 Å². The Morgan fingerprint density at radius 1 is 1.14 bits per heavy atom. The number of hydrogen-bond donors (Lipinski definition) is 2. The van der Waals surface area contributed by atoms with Crippen molar-refractivity contribution >= 4 is 17.9 Å². The average Bonchev–Trinajstić information content (AvgIpc) is 2.97. The number of nitrogens with zero attached hydrogens (tertiary/aromatic N) is 2. The summed E-state index contributed by atoms with van der Waals surface area (Å²) >= 11 is 0. The van der Waals surface area contributed by atoms with Gasteiger partial charge in [0.15, 0.2) is 0 Å². The quantitative estimate of drug-likeness (QED) is 0.391. The summed E-state index contributed by atoms with van der Waals surface area (Å²) in [6.07, 6.45) is 2.93. The summed E-state index contributed by atoms with van der Waals surface area (Å²) < 4.78 is 2.18. The third-order valence-electron chi connectivity index (χ3n) is 4.67. The molecular formula is C23H28N4O2. The highest BCUT2D eigenvalue weighted by atomic mass is 16.2. The van der Waals surface area contributed by atoms with E-state index < -0.39 is 5.91 Å². The molecule has 6 heteroatoms. The molecule has 1 heterocycles. The second kappa shape index (κ2) is 10.9. The molecule has 0 radical (unpaired) electrons. The van der Waals surface area contributed by atoms with Crippen LogP contribution in [0.5, 0.6) is 0 Å². The molecule has 0 saturated carbocycles. The van der Waals surface area contributed by atoms with E-state index in [-0.39, 0.29) is 18.0 Å². The van der Waals surface area contributed by atoms with Gasteiger partial charge in [-0.25, -0.2) is 0 Å². The lowest BCUT2D eigenvalue weighted by atomic mass is 10.1. The summed E-state index contributed by atoms with van der Waals surface area (Å²) in [5.41, 5.74) is 4.01. The lowest BCUT2D eigenvalue weighted by Crippen LogP contribution is -2.35. The Kier molecular flexibility index (Phi) is 8.23. The SMILES string of the molecule is CCCn1c(C)cc(C=C(C#N)C(=O)NCCNC(=O)Cc2ccccc2)c1C. The highest BCUT2D eigenvalue weighted by Crippen LogP contribution is 2.18. The minimum Gasteiger partial charge on any atom is -0.354 e. The molecule has 6 nitrogen and oxygen atoms in total. The number of benzene rings is 1. The normalized spacial score (nSPS) is 11.0. The first-order chi connectivity index (χ1) is 14.0. The molecule has 2 aromatic rings. The fraction of sp³-hybridized carbons (Fsp3) is 0.348. The van der Waals surface area contributed by atoms with E-state index in [0.717, 1.165) is 35.5 Å². The molecule has 2 rings (SSSR count). The zero-order chi connectivity index (χ0) is 21.2. The number of carbonyl (C=O) groups is 2. The maximum atomic E-state index is 12.3. The summed E-state index contributed by atoms with van der Waals surface area (Å²) in [6.45, 7) is 7.59. The van der Waals surface area contributed by atoms with Gasteiger partial charge >= 0.3 is 0 Å². The lowest BCUT2D eigenvalue weighted by molar-refractivity contribution is -0.121. The van der Waals surface area contributed by atoms with E-state index in [4.69, 9.17) is 0 Å². The fourth-order valence-corrected chi connectivity index (χ4v) is 3.16. The average molecular weight is 393 g/mol. The Morgan fingerprint density at radius 2 is 1.83 bits per heavy atom. The van der Waals surface area contributed by atoms with Crippen LogP contribution in [0, 0.1) is 25.2 Å². The summed E-state index contributed by atoms with van der Waals surface area (Å²) in [5, 5.41) is 14.8. The highest BCUT2D eigenvalue weighted by Gasteiger charge is 2.12. The van der Waals surface area contributed by atoms with Gasteiger partial charge in [0.2, 0.25) is 5.91 Å². The van der Waals surface area contributed by atoms with Crippen LogP contribution in [0.3, 0.4) is 0 Å². The van der Waals surface area contributed by atoms with Crippen molar-refractivity contribution in [1.82, 2.24) is 15.2 Å². The van der Waals surface area contributed by atoms with Crippen molar-refractivity contribution in [2.45, 2.75) is 40.2 Å². The molecule has 29 heavy (non-hydrogen) atoms. The van der Waals surface area contributed by atoms with Crippen molar-refractivity contribution in [1.29, 1.82) is 5.26 Å². The minimum absolute atomic E-state index is 0.0531. The molecule has 0 aliphatic heterocycles. The predicted molar refractivity (Wildman–Crippen MR) is 114 cm³/mol. The van der Waals surface area contributed by atoms with E-state index in [2.05, 4.69) is 22.1 Å². The van der Waals surface area contributed by atoms with E-state index in [0.29, 0.717) is 13.0 Å². The Balaban J connectivity index is 1.87. The van der Waals surface area contributed by atoms with Gasteiger partial charge in [0.05, 0.1) is 6.42 Å². The first kappa shape index (κ1) is 22.0. The molecule has 1 aromatic heterocycles. The minimum atomic E-state index is -0.440. The van der Waals surface area contributed by atoms with Crippen molar-refractivity contribution in [2.24, 2.45) is 0 Å². The van der Waals surface area contributed by atoms with Crippen molar-refractivity contribution in [3.8, 4) is 6.07 Å². The van der Waals surface area contributed by atoms with E-state index >= 15 is 0 Å². The van der Waals surface area contributed by atoms with Crippen molar-refractivity contribution in [2.75, 3.05) is 13.1 Å². The van der Waals surface area contributed by atoms with Crippen LogP contribution < -0.4 is 10.6 Å². The topological polar surface area (TPSA) is 86.9 Å². The van der Waals surface area contributed by atoms with Crippen molar-refractivity contribution in [3.63, 3.8) is 0 Å². The summed E-state index contributed by atoms with van der Waals surface area (Å²) in [7, 11) is 0. The zero-order valence-electron chi connectivity index (χ0n) is 17.3. The monoisotopic (exact) mass is 392 g/mol. The number of amides is 2. The lowest BCUT2D eigenvalue weighted by Gasteiger charge is -2.08. The van der Waals surface area contributed by atoms with Crippen LogP contribution in [0.4, 0.5) is 0 Å². The van der Waals surface area contributed by atoms with Gasteiger partial charge in [-0.1, -0.05) is 37.3 Å². The molecule has 0 aliphatic carbocycles. The maximum absolute atomic E-state index is 12.3. The van der Waals surface area contributed by atoms with Crippen molar-refractivity contribution in [3.05, 3.63) is 64.5 Å². The van der Waals surface area contributed by atoms with Crippen molar-refractivity contribution < 1.29 is 9.59 Å². The maximum Gasteiger partial charge on any atom is 0.262 e. The largest absolute Gasteiger partial charge is 0.354 e. The zero-order valence-corrected chi connectivity index (χ0v) is 17.3. The second-order valence-corrected chi connectivity index (χ2v) is 6.92. The van der Waals surface area contributed by atoms with Crippen LogP contribution >= 0.6 is 0 Å². The fourth-order valence-electron chi connectivity index (χ4n) is 3.16. The van der Waals surface area contributed by atoms with Crippen LogP contribution in [0.1, 0.15) is 35.9 Å². The first-order valence-electron chi connectivity index (χ1n) is 9.83. The molecule has 0 unspecified atom stereocenters. The summed E-state index contributed by atoms with van der Waals surface area (Å²) in [5.74, 6) is -0.546. The molecule has 0 fully saturated rings. The molecular weight excluding hydrogens is 364 g/mol. The molecule has 0 aliphatic rings. The number of rotatable bonds is 9. The number of nitrogens with one attached hydrogen (secondary N) is 2. The smallest absolute Gasteiger partial charge is 0.262 e. The third kappa shape index (κ3) is 6.35. The van der Waals surface area contributed by atoms with Crippen LogP contribution in [0.15, 0.2) is 42.0 Å². The van der Waals surface area contributed by atoms with Gasteiger partial charge < -0.3 is 15.2 Å².